The summed E-state index contributed by atoms with van der Waals surface area (Å²) in [4.78, 5) is 5.12. The summed E-state index contributed by atoms with van der Waals surface area (Å²) >= 11 is 0. The third-order valence-corrected chi connectivity index (χ3v) is 4.56. The quantitative estimate of drug-likeness (QED) is 0.735. The Hall–Kier alpha value is -0.160. The summed E-state index contributed by atoms with van der Waals surface area (Å²) in [7, 11) is 0. The van der Waals surface area contributed by atoms with Crippen molar-refractivity contribution >= 4 is 0 Å². The second kappa shape index (κ2) is 8.32. The van der Waals surface area contributed by atoms with E-state index >= 15 is 0 Å². The Morgan fingerprint density at radius 2 is 1.85 bits per heavy atom. The van der Waals surface area contributed by atoms with Gasteiger partial charge in [-0.3, -0.25) is 9.80 Å². The molecule has 2 fully saturated rings. The van der Waals surface area contributed by atoms with Gasteiger partial charge in [0.05, 0.1) is 6.10 Å². The standard InChI is InChI=1S/C16H33N3O/c1-14(2)10-17-11-16(20)13-18-9-6-15(12-18)19-7-4-3-5-8-19/h14-17,20H,3-13H2,1-2H3. The molecule has 0 radical (unpaired) electrons. The molecule has 2 saturated heterocycles. The summed E-state index contributed by atoms with van der Waals surface area (Å²) in [5, 5.41) is 13.4. The third kappa shape index (κ3) is 5.32. The summed E-state index contributed by atoms with van der Waals surface area (Å²) in [5.74, 6) is 0.650. The number of aliphatic hydroxyl groups is 1. The van der Waals surface area contributed by atoms with Gasteiger partial charge < -0.3 is 10.4 Å². The zero-order valence-corrected chi connectivity index (χ0v) is 13.4. The summed E-state index contributed by atoms with van der Waals surface area (Å²) < 4.78 is 0. The number of β-amino-alcohol motifs (C(OH)–C–C–N with tert-alkyl or cyclic N) is 1. The van der Waals surface area contributed by atoms with Gasteiger partial charge in [-0.2, -0.15) is 0 Å². The van der Waals surface area contributed by atoms with Crippen LogP contribution in [0.5, 0.6) is 0 Å². The number of aliphatic hydroxyl groups excluding tert-OH is 1. The monoisotopic (exact) mass is 283 g/mol. The molecule has 2 unspecified atom stereocenters. The highest BCUT2D eigenvalue weighted by Crippen LogP contribution is 2.20. The smallest absolute Gasteiger partial charge is 0.0791 e. The van der Waals surface area contributed by atoms with E-state index < -0.39 is 0 Å². The number of hydrogen-bond acceptors (Lipinski definition) is 4. The molecule has 0 bridgehead atoms. The van der Waals surface area contributed by atoms with E-state index in [1.54, 1.807) is 0 Å². The van der Waals surface area contributed by atoms with Crippen LogP contribution in [0.1, 0.15) is 39.5 Å². The Bertz CT molecular complexity index is 266. The fourth-order valence-electron chi connectivity index (χ4n) is 3.46. The van der Waals surface area contributed by atoms with Crippen LogP contribution in [0.3, 0.4) is 0 Å². The first-order chi connectivity index (χ1) is 9.65. The molecule has 0 aromatic heterocycles. The van der Waals surface area contributed by atoms with Crippen molar-refractivity contribution in [2.45, 2.75) is 51.7 Å². The van der Waals surface area contributed by atoms with E-state index in [9.17, 15) is 5.11 Å². The van der Waals surface area contributed by atoms with Crippen LogP contribution in [-0.2, 0) is 0 Å². The van der Waals surface area contributed by atoms with Crippen LogP contribution < -0.4 is 5.32 Å². The maximum absolute atomic E-state index is 10.1. The van der Waals surface area contributed by atoms with Gasteiger partial charge in [0.25, 0.3) is 0 Å². The molecule has 0 spiro atoms. The summed E-state index contributed by atoms with van der Waals surface area (Å²) in [6.45, 7) is 11.8. The molecule has 4 nitrogen and oxygen atoms in total. The molecule has 2 heterocycles. The Kier molecular flexibility index (Phi) is 6.75. The number of nitrogens with one attached hydrogen (secondary N) is 1. The van der Waals surface area contributed by atoms with Gasteiger partial charge in [-0.1, -0.05) is 20.3 Å². The lowest BCUT2D eigenvalue weighted by Gasteiger charge is -2.32. The molecule has 0 saturated carbocycles. The van der Waals surface area contributed by atoms with Crippen molar-refractivity contribution in [2.75, 3.05) is 45.8 Å². The van der Waals surface area contributed by atoms with Crippen LogP contribution in [0, 0.1) is 5.92 Å². The molecular formula is C16H33N3O. The number of rotatable bonds is 7. The fourth-order valence-corrected chi connectivity index (χ4v) is 3.46. The van der Waals surface area contributed by atoms with Crippen LogP contribution in [0.25, 0.3) is 0 Å². The molecule has 2 aliphatic rings. The summed E-state index contributed by atoms with van der Waals surface area (Å²) in [6, 6.07) is 0.742. The average Bonchev–Trinajstić information content (AvgIpc) is 2.88. The van der Waals surface area contributed by atoms with E-state index in [2.05, 4.69) is 29.0 Å². The molecule has 2 N–H and O–H groups in total. The van der Waals surface area contributed by atoms with E-state index in [0.29, 0.717) is 5.92 Å². The molecule has 4 heteroatoms. The van der Waals surface area contributed by atoms with E-state index in [0.717, 1.165) is 38.8 Å². The Morgan fingerprint density at radius 3 is 2.55 bits per heavy atom. The highest BCUT2D eigenvalue weighted by molar-refractivity contribution is 4.85. The lowest BCUT2D eigenvalue weighted by molar-refractivity contribution is 0.112. The highest BCUT2D eigenvalue weighted by atomic mass is 16.3. The van der Waals surface area contributed by atoms with Crippen LogP contribution >= 0.6 is 0 Å². The van der Waals surface area contributed by atoms with E-state index in [1.807, 2.05) is 0 Å². The average molecular weight is 283 g/mol. The molecule has 0 aromatic rings. The number of piperidine rings is 1. The van der Waals surface area contributed by atoms with Crippen molar-refractivity contribution in [1.29, 1.82) is 0 Å². The fraction of sp³-hybridized carbons (Fsp3) is 1.00. The topological polar surface area (TPSA) is 38.7 Å². The van der Waals surface area contributed by atoms with Gasteiger partial charge in [-0.25, -0.2) is 0 Å². The zero-order valence-electron chi connectivity index (χ0n) is 13.4. The van der Waals surface area contributed by atoms with Gasteiger partial charge in [-0.15, -0.1) is 0 Å². The minimum absolute atomic E-state index is 0.228. The van der Waals surface area contributed by atoms with Crippen molar-refractivity contribution in [3.8, 4) is 0 Å². The van der Waals surface area contributed by atoms with Gasteiger partial charge in [0.2, 0.25) is 0 Å². The molecule has 118 valence electrons. The Labute approximate surface area is 124 Å². The molecule has 0 aromatic carbocycles. The van der Waals surface area contributed by atoms with Crippen molar-refractivity contribution in [1.82, 2.24) is 15.1 Å². The van der Waals surface area contributed by atoms with Crippen LogP contribution in [-0.4, -0.2) is 72.9 Å². The highest BCUT2D eigenvalue weighted by Gasteiger charge is 2.29. The van der Waals surface area contributed by atoms with Gasteiger partial charge in [0.1, 0.15) is 0 Å². The van der Waals surface area contributed by atoms with Crippen LogP contribution in [0.2, 0.25) is 0 Å². The molecule has 0 amide bonds. The minimum Gasteiger partial charge on any atom is -0.390 e. The van der Waals surface area contributed by atoms with Gasteiger partial charge in [0, 0.05) is 25.7 Å². The minimum atomic E-state index is -0.228. The summed E-state index contributed by atoms with van der Waals surface area (Å²) in [6.07, 6.45) is 5.21. The van der Waals surface area contributed by atoms with E-state index in [4.69, 9.17) is 0 Å². The third-order valence-electron chi connectivity index (χ3n) is 4.56. The zero-order chi connectivity index (χ0) is 14.4. The van der Waals surface area contributed by atoms with Gasteiger partial charge >= 0.3 is 0 Å². The predicted octanol–water partition coefficient (Wildman–Crippen LogP) is 1.15. The van der Waals surface area contributed by atoms with Crippen LogP contribution in [0.4, 0.5) is 0 Å². The first kappa shape index (κ1) is 16.2. The molecular weight excluding hydrogens is 250 g/mol. The lowest BCUT2D eigenvalue weighted by atomic mass is 10.1. The molecule has 2 aliphatic heterocycles. The van der Waals surface area contributed by atoms with Crippen molar-refractivity contribution < 1.29 is 5.11 Å². The van der Waals surface area contributed by atoms with Crippen molar-refractivity contribution in [3.63, 3.8) is 0 Å². The van der Waals surface area contributed by atoms with E-state index in [-0.39, 0.29) is 6.10 Å². The lowest BCUT2D eigenvalue weighted by Crippen LogP contribution is -2.43. The molecule has 2 atom stereocenters. The molecule has 0 aliphatic carbocycles. The first-order valence-electron chi connectivity index (χ1n) is 8.50. The second-order valence-corrected chi connectivity index (χ2v) is 7.00. The van der Waals surface area contributed by atoms with Gasteiger partial charge in [0.15, 0.2) is 0 Å². The molecule has 2 rings (SSSR count). The molecule has 20 heavy (non-hydrogen) atoms. The number of hydrogen-bond donors (Lipinski definition) is 2. The predicted molar refractivity (Wildman–Crippen MR) is 84.0 cm³/mol. The van der Waals surface area contributed by atoms with Crippen molar-refractivity contribution in [3.05, 3.63) is 0 Å². The van der Waals surface area contributed by atoms with Crippen LogP contribution in [0.15, 0.2) is 0 Å². The Balaban J connectivity index is 1.62. The van der Waals surface area contributed by atoms with Crippen molar-refractivity contribution in [2.24, 2.45) is 5.92 Å². The SMILES string of the molecule is CC(C)CNCC(O)CN1CCC(N2CCCCC2)C1. The Morgan fingerprint density at radius 1 is 1.10 bits per heavy atom. The first-order valence-corrected chi connectivity index (χ1v) is 8.50. The normalized spacial score (nSPS) is 27.3. The van der Waals surface area contributed by atoms with E-state index in [1.165, 1.54) is 38.8 Å². The largest absolute Gasteiger partial charge is 0.390 e. The summed E-state index contributed by atoms with van der Waals surface area (Å²) in [5.41, 5.74) is 0. The maximum Gasteiger partial charge on any atom is 0.0791 e. The second-order valence-electron chi connectivity index (χ2n) is 7.00. The number of nitrogens with zero attached hydrogens (tertiary/aromatic N) is 2. The van der Waals surface area contributed by atoms with Gasteiger partial charge in [-0.05, 0) is 51.4 Å². The maximum atomic E-state index is 10.1. The number of likely N-dealkylation sites (tertiary alicyclic amines) is 2.